The second-order valence-corrected chi connectivity index (χ2v) is 11.3. The summed E-state index contributed by atoms with van der Waals surface area (Å²) in [6.07, 6.45) is 4.60. The van der Waals surface area contributed by atoms with Crippen LogP contribution in [0, 0.1) is 5.92 Å². The highest BCUT2D eigenvalue weighted by Gasteiger charge is 2.33. The number of carbonyl (C=O) groups excluding carboxylic acids is 2. The van der Waals surface area contributed by atoms with Crippen LogP contribution >= 0.6 is 0 Å². The molecule has 2 N–H and O–H groups in total. The van der Waals surface area contributed by atoms with Crippen molar-refractivity contribution in [1.29, 1.82) is 0 Å². The number of aryl methyl sites for hydroxylation is 2. The number of benzene rings is 2. The van der Waals surface area contributed by atoms with Crippen LogP contribution in [0.2, 0.25) is 0 Å². The van der Waals surface area contributed by atoms with Crippen LogP contribution in [-0.4, -0.2) is 43.7 Å². The minimum absolute atomic E-state index is 0.0124. The number of rotatable bonds is 7. The molecule has 0 aliphatic carbocycles. The third kappa shape index (κ3) is 5.85. The molecule has 2 amide bonds. The van der Waals surface area contributed by atoms with Crippen LogP contribution in [0.15, 0.2) is 53.4 Å². The lowest BCUT2D eigenvalue weighted by molar-refractivity contribution is -0.126. The molecule has 8 heteroatoms. The van der Waals surface area contributed by atoms with Crippen LogP contribution in [0.4, 0.5) is 5.69 Å². The molecule has 1 atom stereocenters. The van der Waals surface area contributed by atoms with Crippen LogP contribution in [0.5, 0.6) is 0 Å². The van der Waals surface area contributed by atoms with Crippen molar-refractivity contribution in [2.24, 2.45) is 5.92 Å². The first kappa shape index (κ1) is 24.4. The van der Waals surface area contributed by atoms with Crippen LogP contribution in [0.3, 0.4) is 0 Å². The number of carbonyl (C=O) groups is 2. The number of nitrogens with zero attached hydrogens (tertiary/aromatic N) is 1. The molecule has 0 bridgehead atoms. The smallest absolute Gasteiger partial charge is 0.243 e. The highest BCUT2D eigenvalue weighted by atomic mass is 32.2. The minimum Gasteiger partial charge on any atom is -0.353 e. The average molecular weight is 484 g/mol. The van der Waals surface area contributed by atoms with Gasteiger partial charge in [0, 0.05) is 37.2 Å². The average Bonchev–Trinajstić information content (AvgIpc) is 3.03. The Kier molecular flexibility index (Phi) is 7.68. The molecule has 4 rings (SSSR count). The van der Waals surface area contributed by atoms with Gasteiger partial charge in [-0.3, -0.25) is 9.59 Å². The molecule has 34 heavy (non-hydrogen) atoms. The van der Waals surface area contributed by atoms with Crippen molar-refractivity contribution in [3.63, 3.8) is 0 Å². The number of sulfonamides is 1. The predicted molar refractivity (Wildman–Crippen MR) is 132 cm³/mol. The molecule has 2 aliphatic heterocycles. The van der Waals surface area contributed by atoms with Crippen molar-refractivity contribution in [3.05, 3.63) is 59.7 Å². The lowest BCUT2D eigenvalue weighted by atomic mass is 9.96. The third-order valence-corrected chi connectivity index (χ3v) is 8.66. The molecule has 2 aromatic carbocycles. The maximum atomic E-state index is 13.2. The highest BCUT2D eigenvalue weighted by molar-refractivity contribution is 7.89. The Bertz CT molecular complexity index is 1130. The number of piperidine rings is 1. The van der Waals surface area contributed by atoms with Gasteiger partial charge in [-0.25, -0.2) is 8.42 Å². The van der Waals surface area contributed by atoms with Gasteiger partial charge in [-0.1, -0.05) is 30.3 Å². The van der Waals surface area contributed by atoms with Crippen molar-refractivity contribution >= 4 is 27.5 Å². The Morgan fingerprint density at radius 1 is 1.12 bits per heavy atom. The number of hydrogen-bond donors (Lipinski definition) is 2. The van der Waals surface area contributed by atoms with Crippen LogP contribution in [0.25, 0.3) is 0 Å². The van der Waals surface area contributed by atoms with Gasteiger partial charge >= 0.3 is 0 Å². The Morgan fingerprint density at radius 2 is 1.85 bits per heavy atom. The molecule has 2 aliphatic rings. The minimum atomic E-state index is -3.64. The second kappa shape index (κ2) is 10.7. The zero-order valence-corrected chi connectivity index (χ0v) is 20.4. The van der Waals surface area contributed by atoms with E-state index in [1.165, 1.54) is 9.87 Å². The molecule has 0 radical (unpaired) electrons. The van der Waals surface area contributed by atoms with Crippen molar-refractivity contribution in [2.45, 2.75) is 62.8 Å². The molecular formula is C26H33N3O4S. The Morgan fingerprint density at radius 3 is 2.59 bits per heavy atom. The molecule has 2 heterocycles. The van der Waals surface area contributed by atoms with E-state index in [0.29, 0.717) is 50.9 Å². The molecule has 1 saturated heterocycles. The zero-order valence-electron chi connectivity index (χ0n) is 19.6. The summed E-state index contributed by atoms with van der Waals surface area (Å²) in [6.45, 7) is 2.67. The number of hydrogen-bond acceptors (Lipinski definition) is 4. The number of nitrogens with one attached hydrogen (secondary N) is 2. The van der Waals surface area contributed by atoms with E-state index in [1.54, 1.807) is 18.2 Å². The van der Waals surface area contributed by atoms with Crippen LogP contribution < -0.4 is 10.6 Å². The lowest BCUT2D eigenvalue weighted by Gasteiger charge is -2.31. The summed E-state index contributed by atoms with van der Waals surface area (Å²) < 4.78 is 27.9. The Hall–Kier alpha value is -2.71. The SMILES string of the molecule is C[C@@H](CCc1ccccc1)NC(=O)C1CCN(S(=O)(=O)c2ccc3c(c2)CCCC(=O)N3)CC1. The van der Waals surface area contributed by atoms with E-state index >= 15 is 0 Å². The van der Waals surface area contributed by atoms with E-state index < -0.39 is 10.0 Å². The summed E-state index contributed by atoms with van der Waals surface area (Å²) in [5, 5.41) is 5.95. The normalized spacial score (nSPS) is 18.4. The molecule has 1 fully saturated rings. The molecule has 182 valence electrons. The third-order valence-electron chi connectivity index (χ3n) is 6.76. The van der Waals surface area contributed by atoms with E-state index in [2.05, 4.69) is 22.8 Å². The van der Waals surface area contributed by atoms with Gasteiger partial charge in [0.2, 0.25) is 21.8 Å². The number of amides is 2. The summed E-state index contributed by atoms with van der Waals surface area (Å²) in [5.41, 5.74) is 2.80. The van der Waals surface area contributed by atoms with Gasteiger partial charge < -0.3 is 10.6 Å². The maximum absolute atomic E-state index is 13.2. The second-order valence-electron chi connectivity index (χ2n) is 9.33. The summed E-state index contributed by atoms with van der Waals surface area (Å²) in [5.74, 6) is -0.199. The van der Waals surface area contributed by atoms with Crippen LogP contribution in [-0.2, 0) is 32.5 Å². The van der Waals surface area contributed by atoms with Crippen molar-refractivity contribution in [2.75, 3.05) is 18.4 Å². The molecule has 0 spiro atoms. The molecule has 0 unspecified atom stereocenters. The van der Waals surface area contributed by atoms with Crippen molar-refractivity contribution < 1.29 is 18.0 Å². The van der Waals surface area contributed by atoms with Gasteiger partial charge in [-0.15, -0.1) is 0 Å². The van der Waals surface area contributed by atoms with Gasteiger partial charge in [0.05, 0.1) is 4.90 Å². The van der Waals surface area contributed by atoms with Gasteiger partial charge in [0.15, 0.2) is 0 Å². The highest BCUT2D eigenvalue weighted by Crippen LogP contribution is 2.29. The van der Waals surface area contributed by atoms with Gasteiger partial charge in [-0.05, 0) is 74.8 Å². The molecule has 7 nitrogen and oxygen atoms in total. The Labute approximate surface area is 202 Å². The summed E-state index contributed by atoms with van der Waals surface area (Å²) >= 11 is 0. The maximum Gasteiger partial charge on any atom is 0.243 e. The Balaban J connectivity index is 1.31. The predicted octanol–water partition coefficient (Wildman–Crippen LogP) is 3.50. The lowest BCUT2D eigenvalue weighted by Crippen LogP contribution is -2.44. The van der Waals surface area contributed by atoms with Gasteiger partial charge in [0.1, 0.15) is 0 Å². The van der Waals surface area contributed by atoms with Crippen LogP contribution in [0.1, 0.15) is 50.2 Å². The summed E-state index contributed by atoms with van der Waals surface area (Å²) in [4.78, 5) is 24.8. The van der Waals surface area contributed by atoms with E-state index in [9.17, 15) is 18.0 Å². The molecule has 2 aromatic rings. The quantitative estimate of drug-likeness (QED) is 0.630. The van der Waals surface area contributed by atoms with Gasteiger partial charge in [-0.2, -0.15) is 4.31 Å². The fraction of sp³-hybridized carbons (Fsp3) is 0.462. The first-order valence-corrected chi connectivity index (χ1v) is 13.5. The summed E-state index contributed by atoms with van der Waals surface area (Å²) in [6, 6.07) is 15.2. The zero-order chi connectivity index (χ0) is 24.1. The monoisotopic (exact) mass is 483 g/mol. The first-order valence-electron chi connectivity index (χ1n) is 12.1. The number of anilines is 1. The molecule has 0 aromatic heterocycles. The fourth-order valence-electron chi connectivity index (χ4n) is 4.68. The van der Waals surface area contributed by atoms with Gasteiger partial charge in [0.25, 0.3) is 0 Å². The van der Waals surface area contributed by atoms with E-state index in [0.717, 1.165) is 18.4 Å². The first-order chi connectivity index (χ1) is 16.3. The standard InChI is InChI=1S/C26H33N3O4S/c1-19(10-11-20-6-3-2-4-7-20)27-26(31)21-14-16-29(17-15-21)34(32,33)23-12-13-24-22(18-23)8-5-9-25(30)28-24/h2-4,6-7,12-13,18-19,21H,5,8-11,14-17H2,1H3,(H,27,31)(H,28,30)/t19-/m0/s1. The molecular weight excluding hydrogens is 450 g/mol. The van der Waals surface area contributed by atoms with E-state index in [4.69, 9.17) is 0 Å². The van der Waals surface area contributed by atoms with E-state index in [-0.39, 0.29) is 28.7 Å². The summed E-state index contributed by atoms with van der Waals surface area (Å²) in [7, 11) is -3.64. The largest absolute Gasteiger partial charge is 0.353 e. The van der Waals surface area contributed by atoms with E-state index in [1.807, 2.05) is 25.1 Å². The number of fused-ring (bicyclic) bond motifs is 1. The van der Waals surface area contributed by atoms with Crippen molar-refractivity contribution in [1.82, 2.24) is 9.62 Å². The fourth-order valence-corrected chi connectivity index (χ4v) is 6.20. The topological polar surface area (TPSA) is 95.6 Å². The molecule has 0 saturated carbocycles. The van der Waals surface area contributed by atoms with Crippen molar-refractivity contribution in [3.8, 4) is 0 Å².